The van der Waals surface area contributed by atoms with E-state index in [0.29, 0.717) is 22.2 Å². The van der Waals surface area contributed by atoms with Gasteiger partial charge in [0.2, 0.25) is 5.91 Å². The number of carbonyl (C=O) groups excluding carboxylic acids is 2. The van der Waals surface area contributed by atoms with Gasteiger partial charge in [0.05, 0.1) is 5.69 Å². The number of benzene rings is 1. The number of nitrogens with two attached hydrogens (primary N) is 1. The number of carbonyl (C=O) groups is 2. The van der Waals surface area contributed by atoms with Crippen LogP contribution in [0.2, 0.25) is 0 Å². The van der Waals surface area contributed by atoms with Gasteiger partial charge in [-0.15, -0.1) is 11.3 Å². The fourth-order valence-electron chi connectivity index (χ4n) is 6.25. The second-order valence-corrected chi connectivity index (χ2v) is 10.9. The van der Waals surface area contributed by atoms with Crippen molar-refractivity contribution in [1.29, 1.82) is 0 Å². The minimum absolute atomic E-state index is 0.0422. The standard InChI is InChI=1S/C22H25N3O4S2/c23-21(27)22-10-13-7-15(11-22)19(16(8-13)12-22)24-20(26)14-3-1-4-17(9-14)25(31(28)29)18-5-2-6-30-18/h1-6,9,13,15-16,19H,7-8,10-12H2,(H2,23,27)(H,24,26)(H,28,29). The van der Waals surface area contributed by atoms with Crippen molar-refractivity contribution in [2.75, 3.05) is 4.31 Å². The molecular weight excluding hydrogens is 434 g/mol. The molecule has 2 aromatic rings. The summed E-state index contributed by atoms with van der Waals surface area (Å²) in [5, 5.41) is 5.67. The van der Waals surface area contributed by atoms with Gasteiger partial charge in [-0.2, -0.15) is 0 Å². The van der Waals surface area contributed by atoms with Gasteiger partial charge in [0.25, 0.3) is 17.2 Å². The smallest absolute Gasteiger partial charge is 0.267 e. The Hall–Kier alpha value is -2.23. The third-order valence-electron chi connectivity index (χ3n) is 7.30. The molecule has 0 spiro atoms. The van der Waals surface area contributed by atoms with Crippen molar-refractivity contribution >= 4 is 45.1 Å². The normalized spacial score (nSPS) is 31.9. The molecule has 3 unspecified atom stereocenters. The van der Waals surface area contributed by atoms with Gasteiger partial charge in [0, 0.05) is 17.0 Å². The number of amides is 2. The summed E-state index contributed by atoms with van der Waals surface area (Å²) in [4.78, 5) is 25.3. The number of primary amides is 1. The molecule has 1 heterocycles. The van der Waals surface area contributed by atoms with E-state index in [-0.39, 0.29) is 35.1 Å². The molecule has 4 aliphatic carbocycles. The summed E-state index contributed by atoms with van der Waals surface area (Å²) in [5.41, 5.74) is 6.31. The molecule has 0 saturated heterocycles. The quantitative estimate of drug-likeness (QED) is 0.574. The summed E-state index contributed by atoms with van der Waals surface area (Å²) in [6.45, 7) is 0. The maximum atomic E-state index is 13.1. The Morgan fingerprint density at radius 1 is 1.16 bits per heavy atom. The second-order valence-electron chi connectivity index (χ2n) is 9.14. The molecule has 4 saturated carbocycles. The first-order valence-corrected chi connectivity index (χ1v) is 12.5. The first-order chi connectivity index (χ1) is 14.9. The van der Waals surface area contributed by atoms with Gasteiger partial charge >= 0.3 is 0 Å². The zero-order valence-electron chi connectivity index (χ0n) is 16.9. The van der Waals surface area contributed by atoms with Crippen LogP contribution in [-0.4, -0.2) is 26.6 Å². The summed E-state index contributed by atoms with van der Waals surface area (Å²) in [6.07, 6.45) is 4.49. The highest BCUT2D eigenvalue weighted by Gasteiger charge is 2.58. The zero-order valence-corrected chi connectivity index (χ0v) is 18.5. The van der Waals surface area contributed by atoms with Gasteiger partial charge in [-0.3, -0.25) is 14.1 Å². The van der Waals surface area contributed by atoms with Crippen molar-refractivity contribution in [2.24, 2.45) is 28.9 Å². The second kappa shape index (κ2) is 7.72. The number of hydrogen-bond donors (Lipinski definition) is 3. The topological polar surface area (TPSA) is 113 Å². The molecule has 4 bridgehead atoms. The van der Waals surface area contributed by atoms with Crippen LogP contribution in [0.15, 0.2) is 41.8 Å². The van der Waals surface area contributed by atoms with Gasteiger partial charge in [0.1, 0.15) is 5.00 Å². The van der Waals surface area contributed by atoms with E-state index in [1.165, 1.54) is 15.6 Å². The Morgan fingerprint density at radius 3 is 2.52 bits per heavy atom. The van der Waals surface area contributed by atoms with E-state index in [0.717, 1.165) is 32.1 Å². The van der Waals surface area contributed by atoms with Gasteiger partial charge in [-0.1, -0.05) is 6.07 Å². The Labute approximate surface area is 187 Å². The molecule has 31 heavy (non-hydrogen) atoms. The summed E-state index contributed by atoms with van der Waals surface area (Å²) < 4.78 is 23.0. The van der Waals surface area contributed by atoms with E-state index in [2.05, 4.69) is 5.32 Å². The van der Waals surface area contributed by atoms with Crippen LogP contribution in [0.3, 0.4) is 0 Å². The van der Waals surface area contributed by atoms with Crippen molar-refractivity contribution in [2.45, 2.75) is 38.1 Å². The van der Waals surface area contributed by atoms with Crippen molar-refractivity contribution in [3.8, 4) is 0 Å². The third-order valence-corrected chi connectivity index (χ3v) is 8.99. The molecule has 4 N–H and O–H groups in total. The molecule has 6 rings (SSSR count). The molecule has 1 aromatic carbocycles. The molecule has 4 fully saturated rings. The van der Waals surface area contributed by atoms with Crippen molar-refractivity contribution < 1.29 is 18.4 Å². The molecule has 4 aliphatic rings. The van der Waals surface area contributed by atoms with Crippen LogP contribution in [-0.2, 0) is 16.1 Å². The molecule has 0 radical (unpaired) electrons. The average Bonchev–Trinajstić information content (AvgIpc) is 3.24. The lowest BCUT2D eigenvalue weighted by Crippen LogP contribution is -2.62. The number of hydrogen-bond acceptors (Lipinski definition) is 4. The highest BCUT2D eigenvalue weighted by molar-refractivity contribution is 7.81. The minimum Gasteiger partial charge on any atom is -0.369 e. The molecule has 0 aliphatic heterocycles. The fraction of sp³-hybridized carbons (Fsp3) is 0.455. The molecule has 164 valence electrons. The van der Waals surface area contributed by atoms with E-state index in [1.54, 1.807) is 30.3 Å². The Kier molecular flexibility index (Phi) is 5.15. The third kappa shape index (κ3) is 3.58. The summed E-state index contributed by atoms with van der Waals surface area (Å²) in [5.74, 6) is 0.703. The summed E-state index contributed by atoms with van der Waals surface area (Å²) >= 11 is -0.907. The largest absolute Gasteiger partial charge is 0.369 e. The maximum absolute atomic E-state index is 13.1. The highest BCUT2D eigenvalue weighted by Crippen LogP contribution is 2.59. The summed E-state index contributed by atoms with van der Waals surface area (Å²) in [7, 11) is 0. The van der Waals surface area contributed by atoms with Crippen LogP contribution in [0.25, 0.3) is 0 Å². The van der Waals surface area contributed by atoms with Gasteiger partial charge in [-0.25, -0.2) is 8.51 Å². The predicted molar refractivity (Wildman–Crippen MR) is 120 cm³/mol. The average molecular weight is 460 g/mol. The van der Waals surface area contributed by atoms with Crippen LogP contribution >= 0.6 is 11.3 Å². The Balaban J connectivity index is 1.36. The van der Waals surface area contributed by atoms with E-state index in [9.17, 15) is 18.4 Å². The van der Waals surface area contributed by atoms with Crippen molar-refractivity contribution in [3.63, 3.8) is 0 Å². The van der Waals surface area contributed by atoms with Crippen molar-refractivity contribution in [3.05, 3.63) is 47.3 Å². The van der Waals surface area contributed by atoms with Crippen LogP contribution in [0.4, 0.5) is 10.7 Å². The molecule has 2 amide bonds. The Bertz CT molecular complexity index is 1030. The number of anilines is 2. The number of nitrogens with one attached hydrogen (secondary N) is 1. The van der Waals surface area contributed by atoms with Gasteiger partial charge < -0.3 is 11.1 Å². The molecular formula is C22H25N3O4S2. The lowest BCUT2D eigenvalue weighted by molar-refractivity contribution is -0.145. The number of thiophene rings is 1. The monoisotopic (exact) mass is 459 g/mol. The number of nitrogens with zero attached hydrogens (tertiary/aromatic N) is 1. The van der Waals surface area contributed by atoms with E-state index < -0.39 is 11.3 Å². The van der Waals surface area contributed by atoms with Crippen LogP contribution in [0, 0.1) is 23.2 Å². The number of rotatable bonds is 6. The SMILES string of the molecule is NC(=O)C12CC3CC(C1)C(NC(=O)c1cccc(N(c4cccs4)S(=O)O)c1)C(C3)C2. The van der Waals surface area contributed by atoms with Crippen molar-refractivity contribution in [1.82, 2.24) is 5.32 Å². The lowest BCUT2D eigenvalue weighted by atomic mass is 9.47. The lowest BCUT2D eigenvalue weighted by Gasteiger charge is -2.58. The van der Waals surface area contributed by atoms with E-state index in [1.807, 2.05) is 11.4 Å². The maximum Gasteiger partial charge on any atom is 0.267 e. The molecule has 1 aromatic heterocycles. The molecule has 3 atom stereocenters. The predicted octanol–water partition coefficient (Wildman–Crippen LogP) is 3.43. The zero-order chi connectivity index (χ0) is 21.8. The molecule has 7 nitrogen and oxygen atoms in total. The van der Waals surface area contributed by atoms with Crippen LogP contribution in [0.1, 0.15) is 42.5 Å². The molecule has 9 heteroatoms. The highest BCUT2D eigenvalue weighted by atomic mass is 32.2. The Morgan fingerprint density at radius 2 is 1.90 bits per heavy atom. The van der Waals surface area contributed by atoms with Crippen LogP contribution < -0.4 is 15.4 Å². The first-order valence-electron chi connectivity index (χ1n) is 10.5. The summed E-state index contributed by atoms with van der Waals surface area (Å²) in [6, 6.07) is 10.4. The van der Waals surface area contributed by atoms with E-state index in [4.69, 9.17) is 5.73 Å². The first kappa shape index (κ1) is 20.7. The fourth-order valence-corrected chi connectivity index (χ4v) is 7.73. The van der Waals surface area contributed by atoms with Crippen LogP contribution in [0.5, 0.6) is 0 Å². The van der Waals surface area contributed by atoms with Gasteiger partial charge in [-0.05, 0) is 85.6 Å². The van der Waals surface area contributed by atoms with E-state index >= 15 is 0 Å². The minimum atomic E-state index is -2.26. The van der Waals surface area contributed by atoms with Gasteiger partial charge in [0.15, 0.2) is 0 Å².